The number of hydrogen-bond donors (Lipinski definition) is 2. The number of fused-ring (bicyclic) bond motifs is 2. The van der Waals surface area contributed by atoms with E-state index in [2.05, 4.69) is 33.7 Å². The van der Waals surface area contributed by atoms with E-state index in [0.29, 0.717) is 19.9 Å². The van der Waals surface area contributed by atoms with Gasteiger partial charge in [0.2, 0.25) is 6.79 Å². The Morgan fingerprint density at radius 3 is 3.10 bits per heavy atom. The Kier molecular flexibility index (Phi) is 6.14. The minimum absolute atomic E-state index is 0.267. The molecule has 3 heterocycles. The summed E-state index contributed by atoms with van der Waals surface area (Å²) in [6, 6.07) is 6.32. The van der Waals surface area contributed by atoms with Crippen LogP contribution >= 0.6 is 0 Å². The zero-order valence-electron chi connectivity index (χ0n) is 17.0. The third-order valence-electron chi connectivity index (χ3n) is 4.97. The molecule has 0 aliphatic carbocycles. The number of aryl methyl sites for hydroxylation is 1. The lowest BCUT2D eigenvalue weighted by molar-refractivity contribution is 0.174. The van der Waals surface area contributed by atoms with Crippen molar-refractivity contribution in [2.45, 2.75) is 45.4 Å². The van der Waals surface area contributed by atoms with E-state index in [9.17, 15) is 0 Å². The van der Waals surface area contributed by atoms with E-state index >= 15 is 0 Å². The van der Waals surface area contributed by atoms with Crippen LogP contribution in [0.5, 0.6) is 11.5 Å². The van der Waals surface area contributed by atoms with Gasteiger partial charge in [0, 0.05) is 32.7 Å². The van der Waals surface area contributed by atoms with Crippen molar-refractivity contribution in [3.05, 3.63) is 35.4 Å². The molecule has 9 nitrogen and oxygen atoms in total. The van der Waals surface area contributed by atoms with Gasteiger partial charge in [-0.25, -0.2) is 9.67 Å². The van der Waals surface area contributed by atoms with Crippen LogP contribution in [-0.2, 0) is 30.7 Å². The fraction of sp³-hybridized carbons (Fsp3) is 0.550. The number of benzene rings is 1. The van der Waals surface area contributed by atoms with E-state index in [1.807, 2.05) is 16.8 Å². The Balaban J connectivity index is 1.33. The van der Waals surface area contributed by atoms with E-state index < -0.39 is 0 Å². The minimum Gasteiger partial charge on any atom is -0.454 e. The maximum absolute atomic E-state index is 5.45. The molecule has 1 atom stereocenters. The predicted molar refractivity (Wildman–Crippen MR) is 108 cm³/mol. The van der Waals surface area contributed by atoms with Crippen LogP contribution in [0.4, 0.5) is 0 Å². The molecule has 0 spiro atoms. The number of methoxy groups -OCH3 is 1. The van der Waals surface area contributed by atoms with Gasteiger partial charge in [0.1, 0.15) is 12.4 Å². The van der Waals surface area contributed by atoms with E-state index in [1.165, 1.54) is 5.56 Å². The number of aliphatic imine (C=N–C) groups is 1. The molecule has 2 aliphatic heterocycles. The Morgan fingerprint density at radius 2 is 2.24 bits per heavy atom. The van der Waals surface area contributed by atoms with E-state index in [0.717, 1.165) is 61.5 Å². The fourth-order valence-electron chi connectivity index (χ4n) is 3.58. The van der Waals surface area contributed by atoms with Crippen LogP contribution in [0.1, 0.15) is 30.6 Å². The summed E-state index contributed by atoms with van der Waals surface area (Å²) in [5.41, 5.74) is 1.18. The highest BCUT2D eigenvalue weighted by molar-refractivity contribution is 5.80. The maximum atomic E-state index is 5.45. The van der Waals surface area contributed by atoms with Crippen LogP contribution < -0.4 is 20.1 Å². The highest BCUT2D eigenvalue weighted by Gasteiger charge is 2.22. The van der Waals surface area contributed by atoms with Gasteiger partial charge in [-0.05, 0) is 37.5 Å². The minimum atomic E-state index is 0.267. The van der Waals surface area contributed by atoms with Gasteiger partial charge < -0.3 is 24.8 Å². The normalized spacial score (nSPS) is 17.9. The molecule has 0 saturated heterocycles. The highest BCUT2D eigenvalue weighted by Crippen LogP contribution is 2.32. The van der Waals surface area contributed by atoms with Gasteiger partial charge in [0.15, 0.2) is 23.3 Å². The molecular weight excluding hydrogens is 372 g/mol. The van der Waals surface area contributed by atoms with Gasteiger partial charge in [-0.1, -0.05) is 6.07 Å². The summed E-state index contributed by atoms with van der Waals surface area (Å²) in [5, 5.41) is 11.4. The molecule has 0 radical (unpaired) electrons. The number of ether oxygens (including phenoxy) is 3. The van der Waals surface area contributed by atoms with Crippen molar-refractivity contribution in [3.63, 3.8) is 0 Å². The van der Waals surface area contributed by atoms with Crippen molar-refractivity contribution in [1.82, 2.24) is 25.4 Å². The van der Waals surface area contributed by atoms with Gasteiger partial charge in [-0.15, -0.1) is 0 Å². The lowest BCUT2D eigenvalue weighted by Crippen LogP contribution is -2.47. The molecule has 0 fully saturated rings. The second kappa shape index (κ2) is 9.13. The number of hydrogen-bond acceptors (Lipinski definition) is 6. The first kappa shape index (κ1) is 19.5. The number of nitrogens with zero attached hydrogens (tertiary/aromatic N) is 4. The number of nitrogens with one attached hydrogen (secondary N) is 2. The molecule has 2 aliphatic rings. The Bertz CT molecular complexity index is 866. The Morgan fingerprint density at radius 1 is 1.34 bits per heavy atom. The number of rotatable bonds is 7. The van der Waals surface area contributed by atoms with E-state index in [-0.39, 0.29) is 6.04 Å². The average molecular weight is 400 g/mol. The summed E-state index contributed by atoms with van der Waals surface area (Å²) in [4.78, 5) is 9.28. The molecular formula is C20H28N6O3. The first-order valence-electron chi connectivity index (χ1n) is 10.1. The van der Waals surface area contributed by atoms with Crippen LogP contribution in [0.3, 0.4) is 0 Å². The molecule has 2 N–H and O–H groups in total. The van der Waals surface area contributed by atoms with Crippen molar-refractivity contribution in [3.8, 4) is 11.5 Å². The average Bonchev–Trinajstić information content (AvgIpc) is 3.34. The molecule has 0 amide bonds. The molecule has 2 aromatic rings. The van der Waals surface area contributed by atoms with Crippen molar-refractivity contribution in [1.29, 1.82) is 0 Å². The zero-order valence-corrected chi connectivity index (χ0v) is 17.0. The monoisotopic (exact) mass is 400 g/mol. The summed E-state index contributed by atoms with van der Waals surface area (Å²) in [6.07, 6.45) is 2.73. The van der Waals surface area contributed by atoms with Gasteiger partial charge >= 0.3 is 0 Å². The lowest BCUT2D eigenvalue weighted by Gasteiger charge is -2.25. The van der Waals surface area contributed by atoms with Crippen LogP contribution in [0.25, 0.3) is 0 Å². The Labute approximate surface area is 170 Å². The first-order chi connectivity index (χ1) is 14.2. The molecule has 1 unspecified atom stereocenters. The van der Waals surface area contributed by atoms with Crippen LogP contribution in [0.15, 0.2) is 23.2 Å². The largest absolute Gasteiger partial charge is 0.454 e. The molecule has 1 aromatic heterocycles. The smallest absolute Gasteiger partial charge is 0.231 e. The zero-order chi connectivity index (χ0) is 20.1. The third kappa shape index (κ3) is 4.79. The first-order valence-corrected chi connectivity index (χ1v) is 10.1. The standard InChI is InChI=1S/C20H28N6O3/c1-3-21-20(22-9-8-14-4-6-16-17(10-14)29-13-28-16)23-15-5-7-19-24-18(12-27-2)25-26(19)11-15/h4,6,10,15H,3,5,7-9,11-13H2,1-2H3,(H2,21,22,23). The van der Waals surface area contributed by atoms with Gasteiger partial charge in [0.05, 0.1) is 6.54 Å². The summed E-state index contributed by atoms with van der Waals surface area (Å²) in [5.74, 6) is 4.23. The topological polar surface area (TPSA) is 94.8 Å². The van der Waals surface area contributed by atoms with Crippen molar-refractivity contribution >= 4 is 5.96 Å². The molecule has 0 bridgehead atoms. The summed E-state index contributed by atoms with van der Waals surface area (Å²) in [6.45, 7) is 5.10. The summed E-state index contributed by atoms with van der Waals surface area (Å²) >= 11 is 0. The number of aromatic nitrogens is 3. The van der Waals surface area contributed by atoms with Crippen molar-refractivity contribution in [2.75, 3.05) is 27.0 Å². The van der Waals surface area contributed by atoms with E-state index in [1.54, 1.807) is 7.11 Å². The highest BCUT2D eigenvalue weighted by atomic mass is 16.7. The maximum Gasteiger partial charge on any atom is 0.231 e. The second-order valence-corrected chi connectivity index (χ2v) is 7.14. The quantitative estimate of drug-likeness (QED) is 0.534. The van der Waals surface area contributed by atoms with Gasteiger partial charge in [0.25, 0.3) is 0 Å². The molecule has 1 aromatic carbocycles. The van der Waals surface area contributed by atoms with Gasteiger partial charge in [-0.2, -0.15) is 5.10 Å². The van der Waals surface area contributed by atoms with Crippen LogP contribution in [-0.4, -0.2) is 53.8 Å². The lowest BCUT2D eigenvalue weighted by atomic mass is 10.1. The van der Waals surface area contributed by atoms with Gasteiger partial charge in [-0.3, -0.25) is 4.99 Å². The predicted octanol–water partition coefficient (Wildman–Crippen LogP) is 1.27. The molecule has 9 heteroatoms. The Hall–Kier alpha value is -2.81. The fourth-order valence-corrected chi connectivity index (χ4v) is 3.58. The molecule has 156 valence electrons. The SMILES string of the molecule is CCNC(=NCCc1ccc2c(c1)OCO2)NC1CCc2nc(COC)nn2C1. The number of guanidine groups is 1. The van der Waals surface area contributed by atoms with Crippen molar-refractivity contribution in [2.24, 2.45) is 4.99 Å². The second-order valence-electron chi connectivity index (χ2n) is 7.14. The van der Waals surface area contributed by atoms with Crippen LogP contribution in [0.2, 0.25) is 0 Å². The summed E-state index contributed by atoms with van der Waals surface area (Å²) < 4.78 is 17.9. The van der Waals surface area contributed by atoms with Crippen LogP contribution in [0, 0.1) is 0 Å². The van der Waals surface area contributed by atoms with Crippen molar-refractivity contribution < 1.29 is 14.2 Å². The molecule has 4 rings (SSSR count). The third-order valence-corrected chi connectivity index (χ3v) is 4.97. The van der Waals surface area contributed by atoms with E-state index in [4.69, 9.17) is 19.2 Å². The summed E-state index contributed by atoms with van der Waals surface area (Å²) in [7, 11) is 1.66. The molecule has 0 saturated carbocycles. The molecule has 29 heavy (non-hydrogen) atoms.